The van der Waals surface area contributed by atoms with Gasteiger partial charge < -0.3 is 14.6 Å². The summed E-state index contributed by atoms with van der Waals surface area (Å²) in [5, 5.41) is 17.9. The molecular weight excluding hydrogens is 242 g/mol. The second-order valence-electron chi connectivity index (χ2n) is 5.73. The second kappa shape index (κ2) is 5.56. The highest BCUT2D eigenvalue weighted by atomic mass is 16.3. The molecule has 6 nitrogen and oxygen atoms in total. The van der Waals surface area contributed by atoms with Gasteiger partial charge in [-0.05, 0) is 26.4 Å². The van der Waals surface area contributed by atoms with Gasteiger partial charge in [0.25, 0.3) is 0 Å². The molecule has 0 unspecified atom stereocenters. The lowest BCUT2D eigenvalue weighted by Crippen LogP contribution is -2.38. The average Bonchev–Trinajstić information content (AvgIpc) is 2.82. The van der Waals surface area contributed by atoms with E-state index >= 15 is 0 Å². The summed E-state index contributed by atoms with van der Waals surface area (Å²) < 4.78 is 2.31. The van der Waals surface area contributed by atoms with Gasteiger partial charge in [-0.15, -0.1) is 10.2 Å². The van der Waals surface area contributed by atoms with Crippen LogP contribution in [0.15, 0.2) is 0 Å². The van der Waals surface area contributed by atoms with Crippen LogP contribution >= 0.6 is 0 Å². The highest BCUT2D eigenvalue weighted by Gasteiger charge is 2.28. The number of hydrogen-bond acceptors (Lipinski definition) is 5. The zero-order chi connectivity index (χ0) is 13.2. The van der Waals surface area contributed by atoms with E-state index < -0.39 is 0 Å². The highest BCUT2D eigenvalue weighted by molar-refractivity contribution is 5.06. The molecule has 1 atom stereocenters. The lowest BCUT2D eigenvalue weighted by molar-refractivity contribution is 0.157. The van der Waals surface area contributed by atoms with Crippen molar-refractivity contribution < 1.29 is 5.11 Å². The van der Waals surface area contributed by atoms with Crippen LogP contribution in [0.1, 0.15) is 30.4 Å². The van der Waals surface area contributed by atoms with Gasteiger partial charge >= 0.3 is 0 Å². The van der Waals surface area contributed by atoms with Crippen molar-refractivity contribution in [3.63, 3.8) is 0 Å². The Balaban J connectivity index is 1.75. The number of piperidine rings is 1. The Morgan fingerprint density at radius 2 is 2.16 bits per heavy atom. The van der Waals surface area contributed by atoms with E-state index in [1.165, 1.54) is 12.8 Å². The number of rotatable bonds is 3. The molecule has 0 saturated carbocycles. The van der Waals surface area contributed by atoms with Crippen molar-refractivity contribution in [2.45, 2.75) is 31.8 Å². The molecule has 6 heteroatoms. The monoisotopic (exact) mass is 265 g/mol. The molecule has 1 aromatic rings. The van der Waals surface area contributed by atoms with Crippen LogP contribution in [-0.4, -0.2) is 69.5 Å². The predicted octanol–water partition coefficient (Wildman–Crippen LogP) is -0.105. The molecule has 0 bridgehead atoms. The Morgan fingerprint density at radius 3 is 3.00 bits per heavy atom. The van der Waals surface area contributed by atoms with Crippen LogP contribution in [0.4, 0.5) is 0 Å². The van der Waals surface area contributed by atoms with Crippen molar-refractivity contribution in [1.82, 2.24) is 24.6 Å². The summed E-state index contributed by atoms with van der Waals surface area (Å²) in [6.45, 7) is 6.11. The van der Waals surface area contributed by atoms with E-state index in [9.17, 15) is 0 Å². The normalized spacial score (nSPS) is 25.5. The third-order valence-electron chi connectivity index (χ3n) is 4.26. The molecule has 3 heterocycles. The maximum absolute atomic E-state index is 9.08. The summed E-state index contributed by atoms with van der Waals surface area (Å²) in [6, 6.07) is 0. The molecule has 0 aliphatic carbocycles. The van der Waals surface area contributed by atoms with Crippen LogP contribution in [0.2, 0.25) is 0 Å². The molecule has 0 amide bonds. The molecule has 1 aromatic heterocycles. The van der Waals surface area contributed by atoms with E-state index in [4.69, 9.17) is 5.11 Å². The Morgan fingerprint density at radius 1 is 1.26 bits per heavy atom. The Kier molecular flexibility index (Phi) is 3.81. The Labute approximate surface area is 114 Å². The van der Waals surface area contributed by atoms with Crippen LogP contribution < -0.4 is 0 Å². The molecule has 1 fully saturated rings. The number of nitrogens with zero attached hydrogens (tertiary/aromatic N) is 5. The summed E-state index contributed by atoms with van der Waals surface area (Å²) in [5.41, 5.74) is 0. The van der Waals surface area contributed by atoms with Crippen LogP contribution in [0.3, 0.4) is 0 Å². The smallest absolute Gasteiger partial charge is 0.147 e. The van der Waals surface area contributed by atoms with Gasteiger partial charge in [0, 0.05) is 32.1 Å². The summed E-state index contributed by atoms with van der Waals surface area (Å²) in [6.07, 6.45) is 2.38. The third kappa shape index (κ3) is 2.66. The molecule has 1 N–H and O–H groups in total. The first-order valence-corrected chi connectivity index (χ1v) is 7.21. The maximum atomic E-state index is 9.08. The van der Waals surface area contributed by atoms with E-state index in [1.54, 1.807) is 0 Å². The predicted molar refractivity (Wildman–Crippen MR) is 71.9 cm³/mol. The molecule has 19 heavy (non-hydrogen) atoms. The van der Waals surface area contributed by atoms with Crippen molar-refractivity contribution in [3.05, 3.63) is 11.6 Å². The standard InChI is InChI=1S/C13H23N5O/c1-16-5-6-18-12(10-16)14-15-13(18)11-3-2-4-17(9-11)7-8-19/h11,19H,2-10H2,1H3/t11-/m0/s1. The largest absolute Gasteiger partial charge is 0.395 e. The summed E-state index contributed by atoms with van der Waals surface area (Å²) in [5.74, 6) is 2.73. The number of aromatic nitrogens is 3. The fraction of sp³-hybridized carbons (Fsp3) is 0.846. The molecule has 2 aliphatic heterocycles. The molecule has 0 aromatic carbocycles. The lowest BCUT2D eigenvalue weighted by atomic mass is 9.97. The minimum Gasteiger partial charge on any atom is -0.395 e. The zero-order valence-corrected chi connectivity index (χ0v) is 11.6. The number of likely N-dealkylation sites (tertiary alicyclic amines) is 1. The van der Waals surface area contributed by atoms with E-state index in [-0.39, 0.29) is 6.61 Å². The fourth-order valence-corrected chi connectivity index (χ4v) is 3.21. The summed E-state index contributed by atoms with van der Waals surface area (Å²) in [4.78, 5) is 4.62. The molecule has 3 rings (SSSR count). The van der Waals surface area contributed by atoms with Gasteiger partial charge in [-0.1, -0.05) is 0 Å². The van der Waals surface area contributed by atoms with Crippen LogP contribution in [-0.2, 0) is 13.1 Å². The van der Waals surface area contributed by atoms with Crippen LogP contribution in [0, 0.1) is 0 Å². The first-order chi connectivity index (χ1) is 9.28. The molecule has 0 radical (unpaired) electrons. The number of aliphatic hydroxyl groups excluding tert-OH is 1. The van der Waals surface area contributed by atoms with Gasteiger partial charge in [0.1, 0.15) is 11.6 Å². The summed E-state index contributed by atoms with van der Waals surface area (Å²) >= 11 is 0. The Bertz CT molecular complexity index is 431. The van der Waals surface area contributed by atoms with Crippen molar-refractivity contribution in [1.29, 1.82) is 0 Å². The van der Waals surface area contributed by atoms with E-state index in [0.717, 1.165) is 50.9 Å². The maximum Gasteiger partial charge on any atom is 0.147 e. The van der Waals surface area contributed by atoms with Gasteiger partial charge in [-0.2, -0.15) is 0 Å². The minimum atomic E-state index is 0.245. The number of likely N-dealkylation sites (N-methyl/N-ethyl adjacent to an activating group) is 1. The van der Waals surface area contributed by atoms with Crippen molar-refractivity contribution >= 4 is 0 Å². The number of hydrogen-bond donors (Lipinski definition) is 1. The average molecular weight is 265 g/mol. The fourth-order valence-electron chi connectivity index (χ4n) is 3.21. The van der Waals surface area contributed by atoms with Gasteiger partial charge in [0.05, 0.1) is 13.2 Å². The third-order valence-corrected chi connectivity index (χ3v) is 4.26. The highest BCUT2D eigenvalue weighted by Crippen LogP contribution is 2.27. The minimum absolute atomic E-state index is 0.245. The SMILES string of the molecule is CN1CCn2c(nnc2[C@H]2CCCN(CCO)C2)C1. The Hall–Kier alpha value is -0.980. The van der Waals surface area contributed by atoms with E-state index in [1.807, 2.05) is 0 Å². The lowest BCUT2D eigenvalue weighted by Gasteiger charge is -2.32. The molecule has 0 spiro atoms. The van der Waals surface area contributed by atoms with Crippen molar-refractivity contribution in [2.75, 3.05) is 39.8 Å². The van der Waals surface area contributed by atoms with Gasteiger partial charge in [-0.3, -0.25) is 4.90 Å². The van der Waals surface area contributed by atoms with Crippen LogP contribution in [0.5, 0.6) is 0 Å². The number of β-amino-alcohol motifs (C(OH)–C–C–N with tert-alkyl or cyclic N) is 1. The first-order valence-electron chi connectivity index (χ1n) is 7.21. The quantitative estimate of drug-likeness (QED) is 0.827. The van der Waals surface area contributed by atoms with Crippen molar-refractivity contribution in [2.24, 2.45) is 0 Å². The van der Waals surface area contributed by atoms with E-state index in [2.05, 4.69) is 31.6 Å². The molecule has 2 aliphatic rings. The second-order valence-corrected chi connectivity index (χ2v) is 5.73. The molecule has 1 saturated heterocycles. The van der Waals surface area contributed by atoms with Crippen molar-refractivity contribution in [3.8, 4) is 0 Å². The topological polar surface area (TPSA) is 57.4 Å². The molecular formula is C13H23N5O. The zero-order valence-electron chi connectivity index (χ0n) is 11.6. The van der Waals surface area contributed by atoms with Gasteiger partial charge in [0.2, 0.25) is 0 Å². The van der Waals surface area contributed by atoms with Gasteiger partial charge in [-0.25, -0.2) is 0 Å². The number of fused-ring (bicyclic) bond motifs is 1. The van der Waals surface area contributed by atoms with E-state index in [0.29, 0.717) is 5.92 Å². The number of aliphatic hydroxyl groups is 1. The first kappa shape index (κ1) is 13.0. The van der Waals surface area contributed by atoms with Gasteiger partial charge in [0.15, 0.2) is 0 Å². The summed E-state index contributed by atoms with van der Waals surface area (Å²) in [7, 11) is 2.13. The molecule has 106 valence electrons. The van der Waals surface area contributed by atoms with Crippen LogP contribution in [0.25, 0.3) is 0 Å².